The maximum atomic E-state index is 12.5. The van der Waals surface area contributed by atoms with Crippen LogP contribution in [0.15, 0.2) is 48.6 Å². The van der Waals surface area contributed by atoms with Crippen LogP contribution in [0.5, 0.6) is 0 Å². The van der Waals surface area contributed by atoms with Crippen molar-refractivity contribution in [1.29, 1.82) is 0 Å². The highest BCUT2D eigenvalue weighted by molar-refractivity contribution is 5.71. The molecule has 0 aromatic heterocycles. The molecular weight excluding hydrogens is 576 g/mol. The summed E-state index contributed by atoms with van der Waals surface area (Å²) in [6.07, 6.45) is 38.4. The zero-order valence-corrected chi connectivity index (χ0v) is 29.8. The highest BCUT2D eigenvalue weighted by Gasteiger charge is 2.19. The van der Waals surface area contributed by atoms with Crippen molar-refractivity contribution in [3.63, 3.8) is 0 Å². The Hall–Kier alpha value is -2.63. The third kappa shape index (κ3) is 32.8. The molecule has 0 amide bonds. The molecule has 0 heterocycles. The van der Waals surface area contributed by atoms with E-state index in [0.717, 1.165) is 109 Å². The lowest BCUT2D eigenvalue weighted by molar-refractivity contribution is -0.167. The van der Waals surface area contributed by atoms with Crippen LogP contribution >= 0.6 is 0 Å². The predicted octanol–water partition coefficient (Wildman–Crippen LogP) is 11.2. The SMILES string of the molecule is CC/C=C\C/C=C\C/C=C\CCCCCC(=O)OCC(COC(=O)CCCCCCC)OC(=O)CCCCCCC/C=C\CCC. The van der Waals surface area contributed by atoms with Gasteiger partial charge in [-0.05, 0) is 70.6 Å². The Kier molecular flexibility index (Phi) is 33.2. The number of ether oxygens (including phenoxy) is 3. The molecule has 1 atom stereocenters. The molecule has 264 valence electrons. The molecule has 6 nitrogen and oxygen atoms in total. The topological polar surface area (TPSA) is 78.9 Å². The third-order valence-corrected chi connectivity index (χ3v) is 7.55. The van der Waals surface area contributed by atoms with Crippen molar-refractivity contribution in [3.05, 3.63) is 48.6 Å². The number of carbonyl (C=O) groups is 3. The second kappa shape index (κ2) is 35.2. The minimum Gasteiger partial charge on any atom is -0.462 e. The van der Waals surface area contributed by atoms with E-state index < -0.39 is 6.10 Å². The molecule has 0 saturated heterocycles. The Morgan fingerprint density at radius 3 is 1.46 bits per heavy atom. The molecule has 0 rings (SSSR count). The van der Waals surface area contributed by atoms with Crippen molar-refractivity contribution in [2.24, 2.45) is 0 Å². The van der Waals surface area contributed by atoms with E-state index in [1.165, 1.54) is 19.3 Å². The van der Waals surface area contributed by atoms with Gasteiger partial charge in [0.2, 0.25) is 0 Å². The molecule has 0 aliphatic rings. The fraction of sp³-hybridized carbons (Fsp3) is 0.725. The van der Waals surface area contributed by atoms with Gasteiger partial charge in [0.15, 0.2) is 6.10 Å². The summed E-state index contributed by atoms with van der Waals surface area (Å²) in [5.41, 5.74) is 0. The van der Waals surface area contributed by atoms with Crippen LogP contribution in [0.1, 0.15) is 168 Å². The highest BCUT2D eigenvalue weighted by Crippen LogP contribution is 2.11. The summed E-state index contributed by atoms with van der Waals surface area (Å²) in [5.74, 6) is -0.954. The average molecular weight is 645 g/mol. The number of hydrogen-bond donors (Lipinski definition) is 0. The van der Waals surface area contributed by atoms with Crippen molar-refractivity contribution in [2.75, 3.05) is 13.2 Å². The van der Waals surface area contributed by atoms with Crippen molar-refractivity contribution in [3.8, 4) is 0 Å². The molecule has 46 heavy (non-hydrogen) atoms. The van der Waals surface area contributed by atoms with Gasteiger partial charge in [-0.1, -0.05) is 127 Å². The summed E-state index contributed by atoms with van der Waals surface area (Å²) in [4.78, 5) is 37.1. The number of hydrogen-bond acceptors (Lipinski definition) is 6. The van der Waals surface area contributed by atoms with Crippen LogP contribution in [0, 0.1) is 0 Å². The lowest BCUT2D eigenvalue weighted by Gasteiger charge is -2.18. The Balaban J connectivity index is 4.37. The second-order valence-corrected chi connectivity index (χ2v) is 12.1. The lowest BCUT2D eigenvalue weighted by atomic mass is 10.1. The average Bonchev–Trinajstić information content (AvgIpc) is 3.05. The Bertz CT molecular complexity index is 841. The van der Waals surface area contributed by atoms with Gasteiger partial charge in [0.25, 0.3) is 0 Å². The monoisotopic (exact) mass is 645 g/mol. The third-order valence-electron chi connectivity index (χ3n) is 7.55. The molecular formula is C40H68O6. The van der Waals surface area contributed by atoms with Crippen molar-refractivity contribution >= 4 is 17.9 Å². The van der Waals surface area contributed by atoms with E-state index in [2.05, 4.69) is 69.4 Å². The van der Waals surface area contributed by atoms with Gasteiger partial charge < -0.3 is 14.2 Å². The van der Waals surface area contributed by atoms with E-state index in [-0.39, 0.29) is 31.1 Å². The van der Waals surface area contributed by atoms with E-state index >= 15 is 0 Å². The van der Waals surface area contributed by atoms with Crippen LogP contribution in [0.4, 0.5) is 0 Å². The van der Waals surface area contributed by atoms with Gasteiger partial charge in [0.05, 0.1) is 0 Å². The van der Waals surface area contributed by atoms with Crippen LogP contribution in [0.25, 0.3) is 0 Å². The zero-order valence-electron chi connectivity index (χ0n) is 29.8. The molecule has 0 fully saturated rings. The van der Waals surface area contributed by atoms with Crippen molar-refractivity contribution in [1.82, 2.24) is 0 Å². The first-order chi connectivity index (χ1) is 22.5. The van der Waals surface area contributed by atoms with E-state index in [1.54, 1.807) is 0 Å². The first kappa shape index (κ1) is 43.4. The molecule has 6 heteroatoms. The predicted molar refractivity (Wildman–Crippen MR) is 192 cm³/mol. The molecule has 0 N–H and O–H groups in total. The van der Waals surface area contributed by atoms with Gasteiger partial charge in [-0.15, -0.1) is 0 Å². The van der Waals surface area contributed by atoms with Crippen molar-refractivity contribution in [2.45, 2.75) is 175 Å². The number of unbranched alkanes of at least 4 members (excludes halogenated alkanes) is 13. The first-order valence-electron chi connectivity index (χ1n) is 18.6. The number of rotatable bonds is 32. The summed E-state index contributed by atoms with van der Waals surface area (Å²) >= 11 is 0. The number of carbonyl (C=O) groups excluding carboxylic acids is 3. The summed E-state index contributed by atoms with van der Waals surface area (Å²) < 4.78 is 16.4. The van der Waals surface area contributed by atoms with Gasteiger partial charge in [0.1, 0.15) is 13.2 Å². The molecule has 0 aromatic carbocycles. The summed E-state index contributed by atoms with van der Waals surface area (Å²) in [6, 6.07) is 0. The molecule has 0 radical (unpaired) electrons. The van der Waals surface area contributed by atoms with E-state index in [0.29, 0.717) is 19.3 Å². The maximum absolute atomic E-state index is 12.5. The molecule has 0 bridgehead atoms. The van der Waals surface area contributed by atoms with Crippen LogP contribution in [0.2, 0.25) is 0 Å². The van der Waals surface area contributed by atoms with Crippen LogP contribution in [-0.2, 0) is 28.6 Å². The Labute approximate surface area is 282 Å². The van der Waals surface area contributed by atoms with Crippen LogP contribution in [-0.4, -0.2) is 37.2 Å². The van der Waals surface area contributed by atoms with Crippen LogP contribution in [0.3, 0.4) is 0 Å². The standard InChI is InChI=1S/C40H68O6/c1-4-7-10-13-15-17-19-20-21-23-24-27-30-33-39(42)45-36-37(35-44-38(41)32-29-26-12-9-6-3)46-40(43)34-31-28-25-22-18-16-14-11-8-5-2/h7,10-11,14-15,17,20-21,37H,4-6,8-9,12-13,16,18-19,22-36H2,1-3H3/b10-7-,14-11-,17-15-,21-20-. The maximum Gasteiger partial charge on any atom is 0.306 e. The van der Waals surface area contributed by atoms with Gasteiger partial charge in [-0.3, -0.25) is 14.4 Å². The summed E-state index contributed by atoms with van der Waals surface area (Å²) in [6.45, 7) is 6.30. The fourth-order valence-electron chi connectivity index (χ4n) is 4.75. The van der Waals surface area contributed by atoms with Gasteiger partial charge >= 0.3 is 17.9 Å². The van der Waals surface area contributed by atoms with Gasteiger partial charge in [-0.2, -0.15) is 0 Å². The highest BCUT2D eigenvalue weighted by atomic mass is 16.6. The van der Waals surface area contributed by atoms with Gasteiger partial charge in [0, 0.05) is 19.3 Å². The fourth-order valence-corrected chi connectivity index (χ4v) is 4.75. The summed E-state index contributed by atoms with van der Waals surface area (Å²) in [5, 5.41) is 0. The molecule has 0 spiro atoms. The normalized spacial score (nSPS) is 12.5. The number of esters is 3. The smallest absolute Gasteiger partial charge is 0.306 e. The second-order valence-electron chi connectivity index (χ2n) is 12.1. The van der Waals surface area contributed by atoms with Crippen LogP contribution < -0.4 is 0 Å². The minimum absolute atomic E-state index is 0.0880. The largest absolute Gasteiger partial charge is 0.462 e. The zero-order chi connectivity index (χ0) is 33.8. The number of allylic oxidation sites excluding steroid dienone is 8. The lowest BCUT2D eigenvalue weighted by Crippen LogP contribution is -2.30. The first-order valence-corrected chi connectivity index (χ1v) is 18.6. The van der Waals surface area contributed by atoms with Gasteiger partial charge in [-0.25, -0.2) is 0 Å². The molecule has 0 saturated carbocycles. The Morgan fingerprint density at radius 1 is 0.457 bits per heavy atom. The van der Waals surface area contributed by atoms with E-state index in [1.807, 2.05) is 0 Å². The van der Waals surface area contributed by atoms with E-state index in [9.17, 15) is 14.4 Å². The quantitative estimate of drug-likeness (QED) is 0.0314. The molecule has 0 aromatic rings. The molecule has 1 unspecified atom stereocenters. The minimum atomic E-state index is -0.780. The molecule has 0 aliphatic carbocycles. The molecule has 0 aliphatic heterocycles. The Morgan fingerprint density at radius 2 is 0.891 bits per heavy atom. The van der Waals surface area contributed by atoms with Crippen molar-refractivity contribution < 1.29 is 28.6 Å². The summed E-state index contributed by atoms with van der Waals surface area (Å²) in [7, 11) is 0. The van der Waals surface area contributed by atoms with E-state index in [4.69, 9.17) is 14.2 Å².